The molecule has 0 radical (unpaired) electrons. The van der Waals surface area contributed by atoms with Crippen molar-refractivity contribution in [3.05, 3.63) is 59.4 Å². The maximum Gasteiger partial charge on any atom is 0.118 e. The minimum Gasteiger partial charge on any atom is -0.497 e. The molecule has 0 amide bonds. The first-order chi connectivity index (χ1) is 18.5. The maximum atomic E-state index is 5.49. The number of methoxy groups -OCH3 is 1. The molecule has 2 aliphatic rings. The van der Waals surface area contributed by atoms with E-state index >= 15 is 0 Å². The molecule has 204 valence electrons. The number of hydrogen-bond donors (Lipinski definition) is 0. The van der Waals surface area contributed by atoms with Crippen LogP contribution in [0.5, 0.6) is 5.75 Å². The van der Waals surface area contributed by atoms with Crippen LogP contribution in [-0.4, -0.2) is 60.7 Å². The molecule has 1 aliphatic heterocycles. The molecular formula is C31H42N4O2S. The molecule has 2 fully saturated rings. The Balaban J connectivity index is 0.000000494. The van der Waals surface area contributed by atoms with Gasteiger partial charge in [-0.3, -0.25) is 14.6 Å². The van der Waals surface area contributed by atoms with E-state index in [9.17, 15) is 0 Å². The van der Waals surface area contributed by atoms with Crippen molar-refractivity contribution in [2.75, 3.05) is 39.3 Å². The monoisotopic (exact) mass is 534 g/mol. The number of aromatic nitrogens is 2. The molecule has 0 bridgehead atoms. The smallest absolute Gasteiger partial charge is 0.118 e. The number of nitrogens with zero attached hydrogens (tertiary/aromatic N) is 4. The first-order valence-corrected chi connectivity index (χ1v) is 14.7. The van der Waals surface area contributed by atoms with Crippen molar-refractivity contribution >= 4 is 24.2 Å². The van der Waals surface area contributed by atoms with E-state index in [4.69, 9.17) is 9.47 Å². The van der Waals surface area contributed by atoms with Crippen LogP contribution < -0.4 is 4.74 Å². The third kappa shape index (κ3) is 7.95. The van der Waals surface area contributed by atoms with Crippen molar-refractivity contribution in [1.82, 2.24) is 14.7 Å². The molecule has 1 aromatic heterocycles. The molecule has 1 saturated carbocycles. The highest BCUT2D eigenvalue weighted by Gasteiger charge is 2.19. The lowest BCUT2D eigenvalue weighted by Crippen LogP contribution is -2.35. The highest BCUT2D eigenvalue weighted by Crippen LogP contribution is 2.38. The fourth-order valence-electron chi connectivity index (χ4n) is 4.73. The molecule has 0 spiro atoms. The van der Waals surface area contributed by atoms with Gasteiger partial charge in [-0.05, 0) is 67.9 Å². The molecule has 2 heterocycles. The highest BCUT2D eigenvalue weighted by molar-refractivity contribution is 7.99. The van der Waals surface area contributed by atoms with Gasteiger partial charge in [0.05, 0.1) is 38.2 Å². The Labute approximate surface area is 232 Å². The quantitative estimate of drug-likeness (QED) is 0.204. The molecule has 3 aromatic rings. The average molecular weight is 535 g/mol. The second-order valence-electron chi connectivity index (χ2n) is 10.2. The summed E-state index contributed by atoms with van der Waals surface area (Å²) in [5.74, 6) is 2.90. The van der Waals surface area contributed by atoms with Gasteiger partial charge in [-0.15, -0.1) is 11.8 Å². The maximum absolute atomic E-state index is 5.49. The van der Waals surface area contributed by atoms with Crippen LogP contribution in [0.4, 0.5) is 5.69 Å². The largest absolute Gasteiger partial charge is 0.497 e. The van der Waals surface area contributed by atoms with Gasteiger partial charge in [-0.25, -0.2) is 0 Å². The minimum absolute atomic E-state index is 0.656. The van der Waals surface area contributed by atoms with Crippen LogP contribution in [-0.2, 0) is 11.3 Å². The van der Waals surface area contributed by atoms with Crippen LogP contribution >= 0.6 is 11.8 Å². The van der Waals surface area contributed by atoms with E-state index in [-0.39, 0.29) is 0 Å². The second-order valence-corrected chi connectivity index (χ2v) is 11.2. The third-order valence-corrected chi connectivity index (χ3v) is 8.18. The van der Waals surface area contributed by atoms with Crippen LogP contribution in [0.1, 0.15) is 49.6 Å². The fraction of sp³-hybridized carbons (Fsp3) is 0.484. The Bertz CT molecular complexity index is 1180. The van der Waals surface area contributed by atoms with E-state index in [1.807, 2.05) is 35.5 Å². The topological polar surface area (TPSA) is 51.9 Å². The van der Waals surface area contributed by atoms with Gasteiger partial charge in [0.15, 0.2) is 0 Å². The van der Waals surface area contributed by atoms with Gasteiger partial charge in [-0.1, -0.05) is 44.7 Å². The van der Waals surface area contributed by atoms with E-state index in [0.29, 0.717) is 6.54 Å². The van der Waals surface area contributed by atoms with Gasteiger partial charge in [0, 0.05) is 35.1 Å². The van der Waals surface area contributed by atoms with E-state index in [1.165, 1.54) is 25.7 Å². The van der Waals surface area contributed by atoms with Crippen LogP contribution in [0, 0.1) is 19.8 Å². The molecule has 1 saturated heterocycles. The number of hydrogen-bond acceptors (Lipinski definition) is 6. The first kappa shape index (κ1) is 28.4. The lowest BCUT2D eigenvalue weighted by atomic mass is 10.0. The number of rotatable bonds is 10. The van der Waals surface area contributed by atoms with E-state index in [2.05, 4.69) is 65.9 Å². The van der Waals surface area contributed by atoms with Crippen LogP contribution in [0.2, 0.25) is 0 Å². The van der Waals surface area contributed by atoms with Crippen molar-refractivity contribution in [3.8, 4) is 16.9 Å². The lowest BCUT2D eigenvalue weighted by Gasteiger charge is -2.26. The number of morpholine rings is 1. The predicted molar refractivity (Wildman–Crippen MR) is 159 cm³/mol. The third-order valence-electron chi connectivity index (χ3n) is 7.06. The van der Waals surface area contributed by atoms with E-state index < -0.39 is 0 Å². The standard InChI is InChI=1S/C25H30N4O2S.C6H12/c1-18-13-19(2)29(27-18)16-22-14-21(20-5-7-23(30-4)8-6-20)15-24(25(22)26-3)32-17-28-9-11-31-12-10-28;1-2-3-6-4-5-6/h5-8,13-15H,3,9-12,16-17H2,1-2,4H3;6H,2-5H2,1H3. The van der Waals surface area contributed by atoms with Crippen LogP contribution in [0.15, 0.2) is 52.4 Å². The van der Waals surface area contributed by atoms with Gasteiger partial charge in [0.1, 0.15) is 5.75 Å². The lowest BCUT2D eigenvalue weighted by molar-refractivity contribution is 0.0474. The molecule has 0 unspecified atom stereocenters. The Kier molecular flexibility index (Phi) is 10.4. The number of thioether (sulfide) groups is 1. The van der Waals surface area contributed by atoms with Gasteiger partial charge < -0.3 is 9.47 Å². The van der Waals surface area contributed by atoms with Crippen molar-refractivity contribution in [3.63, 3.8) is 0 Å². The summed E-state index contributed by atoms with van der Waals surface area (Å²) in [6.45, 7) is 14.4. The molecule has 5 rings (SSSR count). The van der Waals surface area contributed by atoms with Crippen LogP contribution in [0.25, 0.3) is 11.1 Å². The summed E-state index contributed by atoms with van der Waals surface area (Å²) < 4.78 is 12.9. The number of aryl methyl sites for hydroxylation is 2. The van der Waals surface area contributed by atoms with Crippen molar-refractivity contribution in [2.45, 2.75) is 57.9 Å². The van der Waals surface area contributed by atoms with Gasteiger partial charge >= 0.3 is 0 Å². The Hall–Kier alpha value is -2.61. The molecule has 38 heavy (non-hydrogen) atoms. The summed E-state index contributed by atoms with van der Waals surface area (Å²) in [5.41, 5.74) is 6.50. The normalized spacial score (nSPS) is 15.6. The fourth-order valence-corrected chi connectivity index (χ4v) is 5.85. The molecule has 1 aliphatic carbocycles. The molecular weight excluding hydrogens is 492 g/mol. The summed E-state index contributed by atoms with van der Waals surface area (Å²) in [7, 11) is 1.69. The Morgan fingerprint density at radius 1 is 1.08 bits per heavy atom. The Morgan fingerprint density at radius 3 is 2.37 bits per heavy atom. The molecule has 2 aromatic carbocycles. The summed E-state index contributed by atoms with van der Waals surface area (Å²) in [5, 5.41) is 4.66. The molecule has 0 atom stereocenters. The average Bonchev–Trinajstić information content (AvgIpc) is 3.70. The summed E-state index contributed by atoms with van der Waals surface area (Å²) in [6, 6.07) is 14.7. The van der Waals surface area contributed by atoms with Crippen molar-refractivity contribution < 1.29 is 9.47 Å². The summed E-state index contributed by atoms with van der Waals surface area (Å²) in [4.78, 5) is 8.01. The van der Waals surface area contributed by atoms with Crippen molar-refractivity contribution in [2.24, 2.45) is 10.9 Å². The van der Waals surface area contributed by atoms with Crippen molar-refractivity contribution in [1.29, 1.82) is 0 Å². The predicted octanol–water partition coefficient (Wildman–Crippen LogP) is 7.13. The zero-order valence-electron chi connectivity index (χ0n) is 23.4. The SMILES string of the molecule is C=Nc1c(Cn2nc(C)cc2C)cc(-c2ccc(OC)cc2)cc1SCN1CCOCC1.CCCC1CC1. The summed E-state index contributed by atoms with van der Waals surface area (Å²) in [6.07, 6.45) is 5.92. The van der Waals surface area contributed by atoms with Gasteiger partial charge in [0.2, 0.25) is 0 Å². The molecule has 0 N–H and O–H groups in total. The van der Waals surface area contributed by atoms with Gasteiger partial charge in [-0.2, -0.15) is 5.10 Å². The minimum atomic E-state index is 0.656. The van der Waals surface area contributed by atoms with E-state index in [1.54, 1.807) is 7.11 Å². The zero-order valence-corrected chi connectivity index (χ0v) is 24.2. The van der Waals surface area contributed by atoms with Crippen LogP contribution in [0.3, 0.4) is 0 Å². The Morgan fingerprint density at radius 2 is 1.82 bits per heavy atom. The first-order valence-electron chi connectivity index (χ1n) is 13.7. The number of benzene rings is 2. The molecule has 6 nitrogen and oxygen atoms in total. The van der Waals surface area contributed by atoms with E-state index in [0.717, 1.165) is 82.5 Å². The van der Waals surface area contributed by atoms with Gasteiger partial charge in [0.25, 0.3) is 0 Å². The molecule has 7 heteroatoms. The number of ether oxygens (including phenoxy) is 2. The second kappa shape index (κ2) is 14.0. The number of aliphatic imine (C=N–C) groups is 1. The highest BCUT2D eigenvalue weighted by atomic mass is 32.2. The summed E-state index contributed by atoms with van der Waals surface area (Å²) >= 11 is 1.81. The zero-order chi connectivity index (χ0) is 26.9.